The first kappa shape index (κ1) is 14.8. The molecule has 1 aliphatic rings. The number of thioether (sulfide) groups is 2. The van der Waals surface area contributed by atoms with Gasteiger partial charge >= 0.3 is 0 Å². The Hall–Kier alpha value is 0.360. The quantitative estimate of drug-likeness (QED) is 0.852. The Morgan fingerprint density at radius 1 is 1.33 bits per heavy atom. The average Bonchev–Trinajstić information content (AvgIpc) is 2.42. The molecule has 0 bridgehead atoms. The normalized spacial score (nSPS) is 21.8. The van der Waals surface area contributed by atoms with E-state index in [1.54, 1.807) is 0 Å². The summed E-state index contributed by atoms with van der Waals surface area (Å²) in [5.74, 6) is 3.94. The highest BCUT2D eigenvalue weighted by molar-refractivity contribution is 9.10. The second kappa shape index (κ2) is 7.83. The molecule has 0 aliphatic carbocycles. The van der Waals surface area contributed by atoms with E-state index in [9.17, 15) is 0 Å². The molecule has 2 unspecified atom stereocenters. The summed E-state index contributed by atoms with van der Waals surface area (Å²) in [5.41, 5.74) is 1.40. The van der Waals surface area contributed by atoms with Gasteiger partial charge in [-0.25, -0.2) is 0 Å². The summed E-state index contributed by atoms with van der Waals surface area (Å²) in [6.45, 7) is 3.38. The zero-order valence-electron chi connectivity index (χ0n) is 10.7. The van der Waals surface area contributed by atoms with Crippen LogP contribution in [0, 0.1) is 0 Å². The third kappa shape index (κ3) is 4.48. The fraction of sp³-hybridized carbons (Fsp3) is 0.571. The summed E-state index contributed by atoms with van der Waals surface area (Å²) in [4.78, 5) is 0. The van der Waals surface area contributed by atoms with E-state index in [-0.39, 0.29) is 0 Å². The minimum Gasteiger partial charge on any atom is -0.309 e. The summed E-state index contributed by atoms with van der Waals surface area (Å²) in [7, 11) is 0. The Morgan fingerprint density at radius 3 is 2.72 bits per heavy atom. The molecule has 100 valence electrons. The summed E-state index contributed by atoms with van der Waals surface area (Å²) >= 11 is 7.71. The monoisotopic (exact) mass is 345 g/mol. The number of halogens is 1. The summed E-state index contributed by atoms with van der Waals surface area (Å²) < 4.78 is 1.15. The summed E-state index contributed by atoms with van der Waals surface area (Å²) in [6.07, 6.45) is 1.15. The lowest BCUT2D eigenvalue weighted by atomic mass is 10.0. The number of nitrogens with one attached hydrogen (secondary N) is 1. The Labute approximate surface area is 127 Å². The minimum atomic E-state index is 0.491. The molecule has 18 heavy (non-hydrogen) atoms. The van der Waals surface area contributed by atoms with Gasteiger partial charge in [-0.2, -0.15) is 23.5 Å². The van der Waals surface area contributed by atoms with E-state index in [0.29, 0.717) is 6.04 Å². The first-order valence-electron chi connectivity index (χ1n) is 6.47. The molecule has 0 aromatic heterocycles. The van der Waals surface area contributed by atoms with E-state index in [2.05, 4.69) is 76.0 Å². The molecule has 1 N–H and O–H groups in total. The van der Waals surface area contributed by atoms with Crippen LogP contribution < -0.4 is 5.32 Å². The van der Waals surface area contributed by atoms with Gasteiger partial charge in [0.2, 0.25) is 0 Å². The first-order valence-corrected chi connectivity index (χ1v) is 9.47. The predicted octanol–water partition coefficient (Wildman–Crippen LogP) is 4.34. The van der Waals surface area contributed by atoms with Crippen LogP contribution in [-0.4, -0.2) is 29.1 Å². The zero-order valence-corrected chi connectivity index (χ0v) is 13.9. The largest absolute Gasteiger partial charge is 0.309 e. The van der Waals surface area contributed by atoms with Gasteiger partial charge < -0.3 is 5.32 Å². The van der Waals surface area contributed by atoms with Gasteiger partial charge in [-0.3, -0.25) is 0 Å². The van der Waals surface area contributed by atoms with E-state index in [0.717, 1.165) is 22.7 Å². The number of rotatable bonds is 5. The van der Waals surface area contributed by atoms with Gasteiger partial charge in [0.1, 0.15) is 0 Å². The molecule has 0 saturated carbocycles. The molecule has 1 fully saturated rings. The standard InChI is InChI=1S/C14H20BrNS2/c1-2-14(11-3-5-12(15)6-4-11)16-9-13-10-17-7-8-18-13/h3-6,13-14,16H,2,7-10H2,1H3. The highest BCUT2D eigenvalue weighted by Crippen LogP contribution is 2.25. The van der Waals surface area contributed by atoms with Crippen LogP contribution in [0.15, 0.2) is 28.7 Å². The predicted molar refractivity (Wildman–Crippen MR) is 88.7 cm³/mol. The Morgan fingerprint density at radius 2 is 2.11 bits per heavy atom. The molecule has 1 aliphatic heterocycles. The molecule has 1 aromatic rings. The third-order valence-corrected chi connectivity index (χ3v) is 6.53. The highest BCUT2D eigenvalue weighted by Gasteiger charge is 2.16. The fourth-order valence-electron chi connectivity index (χ4n) is 2.12. The van der Waals surface area contributed by atoms with E-state index >= 15 is 0 Å². The molecule has 0 amide bonds. The summed E-state index contributed by atoms with van der Waals surface area (Å²) in [6, 6.07) is 9.18. The minimum absolute atomic E-state index is 0.491. The van der Waals surface area contributed by atoms with Crippen LogP contribution in [-0.2, 0) is 0 Å². The van der Waals surface area contributed by atoms with Crippen molar-refractivity contribution in [3.05, 3.63) is 34.3 Å². The third-order valence-electron chi connectivity index (χ3n) is 3.16. The van der Waals surface area contributed by atoms with Gasteiger partial charge in [-0.05, 0) is 24.1 Å². The van der Waals surface area contributed by atoms with Crippen LogP contribution in [0.4, 0.5) is 0 Å². The molecule has 4 heteroatoms. The highest BCUT2D eigenvalue weighted by atomic mass is 79.9. The Balaban J connectivity index is 1.86. The molecule has 1 aromatic carbocycles. The van der Waals surface area contributed by atoms with E-state index in [4.69, 9.17) is 0 Å². The van der Waals surface area contributed by atoms with E-state index < -0.39 is 0 Å². The van der Waals surface area contributed by atoms with Crippen molar-refractivity contribution in [1.82, 2.24) is 5.32 Å². The number of hydrogen-bond acceptors (Lipinski definition) is 3. The molecule has 0 radical (unpaired) electrons. The fourth-order valence-corrected chi connectivity index (χ4v) is 5.01. The second-order valence-electron chi connectivity index (χ2n) is 4.49. The van der Waals surface area contributed by atoms with Crippen molar-refractivity contribution in [3.63, 3.8) is 0 Å². The van der Waals surface area contributed by atoms with Crippen molar-refractivity contribution in [2.45, 2.75) is 24.6 Å². The number of benzene rings is 1. The van der Waals surface area contributed by atoms with Crippen molar-refractivity contribution in [1.29, 1.82) is 0 Å². The van der Waals surface area contributed by atoms with Crippen molar-refractivity contribution < 1.29 is 0 Å². The summed E-state index contributed by atoms with van der Waals surface area (Å²) in [5, 5.41) is 4.51. The lowest BCUT2D eigenvalue weighted by Gasteiger charge is -2.25. The maximum Gasteiger partial charge on any atom is 0.0318 e. The Bertz CT molecular complexity index is 349. The van der Waals surface area contributed by atoms with Crippen molar-refractivity contribution in [2.75, 3.05) is 23.8 Å². The zero-order chi connectivity index (χ0) is 12.8. The molecular formula is C14H20BrNS2. The first-order chi connectivity index (χ1) is 8.79. The van der Waals surface area contributed by atoms with Crippen LogP contribution in [0.25, 0.3) is 0 Å². The average molecular weight is 346 g/mol. The molecule has 1 nitrogen and oxygen atoms in total. The topological polar surface area (TPSA) is 12.0 Å². The molecule has 1 heterocycles. The SMILES string of the molecule is CCC(NCC1CSCCS1)c1ccc(Br)cc1. The Kier molecular flexibility index (Phi) is 6.42. The van der Waals surface area contributed by atoms with E-state index in [1.807, 2.05) is 0 Å². The lowest BCUT2D eigenvalue weighted by molar-refractivity contribution is 0.523. The molecule has 1 saturated heterocycles. The molecule has 2 rings (SSSR count). The van der Waals surface area contributed by atoms with Crippen LogP contribution >= 0.6 is 39.5 Å². The number of hydrogen-bond donors (Lipinski definition) is 1. The van der Waals surface area contributed by atoms with Gasteiger partial charge in [0, 0.05) is 39.6 Å². The smallest absolute Gasteiger partial charge is 0.0318 e. The lowest BCUT2D eigenvalue weighted by Crippen LogP contribution is -2.31. The molecule has 0 spiro atoms. The van der Waals surface area contributed by atoms with Crippen molar-refractivity contribution >= 4 is 39.5 Å². The van der Waals surface area contributed by atoms with Crippen LogP contribution in [0.5, 0.6) is 0 Å². The van der Waals surface area contributed by atoms with Gasteiger partial charge in [0.05, 0.1) is 0 Å². The van der Waals surface area contributed by atoms with Crippen LogP contribution in [0.1, 0.15) is 24.9 Å². The van der Waals surface area contributed by atoms with Gasteiger partial charge in [0.15, 0.2) is 0 Å². The maximum absolute atomic E-state index is 3.73. The molecule has 2 atom stereocenters. The van der Waals surface area contributed by atoms with Crippen molar-refractivity contribution in [2.24, 2.45) is 0 Å². The van der Waals surface area contributed by atoms with Gasteiger partial charge in [0.25, 0.3) is 0 Å². The van der Waals surface area contributed by atoms with Gasteiger partial charge in [-0.1, -0.05) is 35.0 Å². The van der Waals surface area contributed by atoms with Crippen LogP contribution in [0.3, 0.4) is 0 Å². The van der Waals surface area contributed by atoms with E-state index in [1.165, 1.54) is 22.8 Å². The maximum atomic E-state index is 3.73. The molecular weight excluding hydrogens is 326 g/mol. The van der Waals surface area contributed by atoms with Crippen molar-refractivity contribution in [3.8, 4) is 0 Å². The van der Waals surface area contributed by atoms with Gasteiger partial charge in [-0.15, -0.1) is 0 Å². The van der Waals surface area contributed by atoms with Crippen LogP contribution in [0.2, 0.25) is 0 Å². The second-order valence-corrected chi connectivity index (χ2v) is 7.96.